The SMILES string of the molecule is Cc1ccc(C2CCCCCN2S(=O)(=O)c2ccccc2)s1. The first kappa shape index (κ1) is 15.7. The van der Waals surface area contributed by atoms with Gasteiger partial charge in [0.05, 0.1) is 10.9 Å². The summed E-state index contributed by atoms with van der Waals surface area (Å²) in [7, 11) is -3.43. The van der Waals surface area contributed by atoms with Crippen molar-refractivity contribution in [2.75, 3.05) is 6.54 Å². The van der Waals surface area contributed by atoms with Crippen molar-refractivity contribution in [3.8, 4) is 0 Å². The fourth-order valence-corrected chi connectivity index (χ4v) is 5.80. The summed E-state index contributed by atoms with van der Waals surface area (Å²) in [5, 5.41) is 0. The molecule has 1 aromatic heterocycles. The summed E-state index contributed by atoms with van der Waals surface area (Å²) in [6.07, 6.45) is 4.03. The minimum absolute atomic E-state index is 0.0218. The normalized spacial score (nSPS) is 20.7. The van der Waals surface area contributed by atoms with Gasteiger partial charge < -0.3 is 0 Å². The summed E-state index contributed by atoms with van der Waals surface area (Å²) >= 11 is 1.71. The van der Waals surface area contributed by atoms with E-state index in [4.69, 9.17) is 0 Å². The first-order valence-electron chi connectivity index (χ1n) is 7.72. The van der Waals surface area contributed by atoms with Crippen molar-refractivity contribution >= 4 is 21.4 Å². The first-order valence-corrected chi connectivity index (χ1v) is 9.98. The molecule has 5 heteroatoms. The van der Waals surface area contributed by atoms with Crippen LogP contribution >= 0.6 is 11.3 Å². The van der Waals surface area contributed by atoms with Crippen LogP contribution in [0.1, 0.15) is 41.5 Å². The zero-order valence-electron chi connectivity index (χ0n) is 12.7. The van der Waals surface area contributed by atoms with E-state index in [1.807, 2.05) is 6.07 Å². The molecule has 0 saturated carbocycles. The Bertz CT molecular complexity index is 722. The third-order valence-electron chi connectivity index (χ3n) is 4.14. The largest absolute Gasteiger partial charge is 0.243 e. The van der Waals surface area contributed by atoms with E-state index in [0.29, 0.717) is 11.4 Å². The Morgan fingerprint density at radius 1 is 1.05 bits per heavy atom. The molecule has 1 aromatic carbocycles. The molecule has 1 fully saturated rings. The number of aryl methyl sites for hydroxylation is 1. The molecule has 0 radical (unpaired) electrons. The van der Waals surface area contributed by atoms with Crippen LogP contribution in [0, 0.1) is 6.92 Å². The van der Waals surface area contributed by atoms with E-state index in [1.165, 1.54) is 9.75 Å². The highest BCUT2D eigenvalue weighted by Gasteiger charge is 2.33. The van der Waals surface area contributed by atoms with Crippen LogP contribution in [0.25, 0.3) is 0 Å². The van der Waals surface area contributed by atoms with Gasteiger partial charge in [0.15, 0.2) is 0 Å². The number of benzene rings is 1. The topological polar surface area (TPSA) is 37.4 Å². The van der Waals surface area contributed by atoms with Crippen LogP contribution < -0.4 is 0 Å². The van der Waals surface area contributed by atoms with Crippen LogP contribution in [0.5, 0.6) is 0 Å². The molecule has 1 aliphatic rings. The molecular weight excluding hydrogens is 314 g/mol. The smallest absolute Gasteiger partial charge is 0.207 e. The number of rotatable bonds is 3. The van der Waals surface area contributed by atoms with E-state index in [1.54, 1.807) is 39.9 Å². The Balaban J connectivity index is 2.00. The second-order valence-electron chi connectivity index (χ2n) is 5.74. The van der Waals surface area contributed by atoms with Crippen molar-refractivity contribution in [2.24, 2.45) is 0 Å². The average Bonchev–Trinajstić information content (AvgIpc) is 2.81. The predicted molar refractivity (Wildman–Crippen MR) is 90.6 cm³/mol. The molecule has 22 heavy (non-hydrogen) atoms. The van der Waals surface area contributed by atoms with Gasteiger partial charge in [-0.25, -0.2) is 8.42 Å². The first-order chi connectivity index (χ1) is 10.6. The van der Waals surface area contributed by atoms with Crippen LogP contribution in [0.3, 0.4) is 0 Å². The van der Waals surface area contributed by atoms with Gasteiger partial charge in [-0.2, -0.15) is 4.31 Å². The number of sulfonamides is 1. The van der Waals surface area contributed by atoms with Gasteiger partial charge in [-0.3, -0.25) is 0 Å². The van der Waals surface area contributed by atoms with E-state index < -0.39 is 10.0 Å². The third-order valence-corrected chi connectivity index (χ3v) is 7.17. The standard InChI is InChI=1S/C17H21NO2S2/c1-14-11-12-17(21-14)16-10-6-3-7-13-18(16)22(19,20)15-8-4-2-5-9-15/h2,4-5,8-9,11-12,16H,3,6-7,10,13H2,1H3. The summed E-state index contributed by atoms with van der Waals surface area (Å²) in [4.78, 5) is 2.80. The van der Waals surface area contributed by atoms with E-state index >= 15 is 0 Å². The Morgan fingerprint density at radius 2 is 1.82 bits per heavy atom. The molecule has 1 saturated heterocycles. The number of hydrogen-bond donors (Lipinski definition) is 0. The van der Waals surface area contributed by atoms with Gasteiger partial charge in [0.25, 0.3) is 0 Å². The summed E-state index contributed by atoms with van der Waals surface area (Å²) in [5.41, 5.74) is 0. The van der Waals surface area contributed by atoms with Crippen LogP contribution in [0.2, 0.25) is 0 Å². The Hall–Kier alpha value is -1.17. The van der Waals surface area contributed by atoms with Crippen LogP contribution in [0.4, 0.5) is 0 Å². The molecule has 1 unspecified atom stereocenters. The summed E-state index contributed by atoms with van der Waals surface area (Å²) in [6, 6.07) is 13.0. The maximum Gasteiger partial charge on any atom is 0.243 e. The van der Waals surface area contributed by atoms with Gasteiger partial charge in [-0.15, -0.1) is 11.3 Å². The highest BCUT2D eigenvalue weighted by Crippen LogP contribution is 2.37. The minimum Gasteiger partial charge on any atom is -0.207 e. The molecule has 1 atom stereocenters. The zero-order chi connectivity index (χ0) is 15.6. The molecule has 0 spiro atoms. The van der Waals surface area contributed by atoms with Crippen molar-refractivity contribution in [2.45, 2.75) is 43.5 Å². The highest BCUT2D eigenvalue weighted by atomic mass is 32.2. The van der Waals surface area contributed by atoms with Crippen molar-refractivity contribution < 1.29 is 8.42 Å². The summed E-state index contributed by atoms with van der Waals surface area (Å²) in [6.45, 7) is 2.68. The molecule has 1 aliphatic heterocycles. The molecular formula is C17H21NO2S2. The molecule has 2 aromatic rings. The second kappa shape index (κ2) is 6.52. The zero-order valence-corrected chi connectivity index (χ0v) is 14.4. The average molecular weight is 335 g/mol. The van der Waals surface area contributed by atoms with Crippen molar-refractivity contribution in [3.05, 3.63) is 52.2 Å². The fourth-order valence-electron chi connectivity index (χ4n) is 3.01. The molecule has 0 aliphatic carbocycles. The number of hydrogen-bond acceptors (Lipinski definition) is 3. The second-order valence-corrected chi connectivity index (χ2v) is 8.95. The maximum atomic E-state index is 13.1. The van der Waals surface area contributed by atoms with Gasteiger partial charge in [-0.05, 0) is 44.0 Å². The van der Waals surface area contributed by atoms with Gasteiger partial charge in [-0.1, -0.05) is 31.0 Å². The van der Waals surface area contributed by atoms with Gasteiger partial charge in [0.1, 0.15) is 0 Å². The van der Waals surface area contributed by atoms with Crippen LogP contribution in [-0.2, 0) is 10.0 Å². The highest BCUT2D eigenvalue weighted by molar-refractivity contribution is 7.89. The Morgan fingerprint density at radius 3 is 2.50 bits per heavy atom. The van der Waals surface area contributed by atoms with E-state index in [0.717, 1.165) is 25.7 Å². The molecule has 0 amide bonds. The molecule has 3 rings (SSSR count). The fraction of sp³-hybridized carbons (Fsp3) is 0.412. The van der Waals surface area contributed by atoms with Crippen molar-refractivity contribution in [3.63, 3.8) is 0 Å². The van der Waals surface area contributed by atoms with Crippen molar-refractivity contribution in [1.82, 2.24) is 4.31 Å². The summed E-state index contributed by atoms with van der Waals surface area (Å²) < 4.78 is 27.8. The lowest BCUT2D eigenvalue weighted by atomic mass is 10.1. The molecule has 0 bridgehead atoms. The molecule has 2 heterocycles. The molecule has 0 N–H and O–H groups in total. The van der Waals surface area contributed by atoms with Crippen molar-refractivity contribution in [1.29, 1.82) is 0 Å². The van der Waals surface area contributed by atoms with E-state index in [9.17, 15) is 8.42 Å². The van der Waals surface area contributed by atoms with Crippen LogP contribution in [-0.4, -0.2) is 19.3 Å². The number of nitrogens with zero attached hydrogens (tertiary/aromatic N) is 1. The van der Waals surface area contributed by atoms with Gasteiger partial charge >= 0.3 is 0 Å². The Kier molecular flexibility index (Phi) is 4.66. The lowest BCUT2D eigenvalue weighted by Crippen LogP contribution is -2.34. The van der Waals surface area contributed by atoms with Gasteiger partial charge in [0, 0.05) is 16.3 Å². The minimum atomic E-state index is -3.43. The predicted octanol–water partition coefficient (Wildman–Crippen LogP) is 4.36. The lowest BCUT2D eigenvalue weighted by Gasteiger charge is -2.28. The van der Waals surface area contributed by atoms with Gasteiger partial charge in [0.2, 0.25) is 10.0 Å². The van der Waals surface area contributed by atoms with Crippen LogP contribution in [0.15, 0.2) is 47.4 Å². The van der Waals surface area contributed by atoms with E-state index in [2.05, 4.69) is 19.1 Å². The van der Waals surface area contributed by atoms with E-state index in [-0.39, 0.29) is 6.04 Å². The lowest BCUT2D eigenvalue weighted by molar-refractivity contribution is 0.333. The maximum absolute atomic E-state index is 13.1. The molecule has 118 valence electrons. The summed E-state index contributed by atoms with van der Waals surface area (Å²) in [5.74, 6) is 0. The molecule has 3 nitrogen and oxygen atoms in total. The number of thiophene rings is 1. The Labute approximate surface area is 136 Å². The third kappa shape index (κ3) is 3.12. The monoisotopic (exact) mass is 335 g/mol. The quantitative estimate of drug-likeness (QED) is 0.835.